The van der Waals surface area contributed by atoms with Crippen LogP contribution in [-0.2, 0) is 9.59 Å². The van der Waals surface area contributed by atoms with Crippen molar-refractivity contribution < 1.29 is 9.59 Å². The Balaban J connectivity index is 2.70. The van der Waals surface area contributed by atoms with E-state index >= 15 is 0 Å². The normalized spacial score (nSPS) is 22.0. The summed E-state index contributed by atoms with van der Waals surface area (Å²) in [6.07, 6.45) is 4.25. The van der Waals surface area contributed by atoms with Crippen molar-refractivity contribution in [1.82, 2.24) is 4.90 Å². The summed E-state index contributed by atoms with van der Waals surface area (Å²) >= 11 is 0. The molecule has 1 aliphatic heterocycles. The number of carbonyl (C=O) groups is 2. The van der Waals surface area contributed by atoms with Crippen LogP contribution in [0.4, 0.5) is 0 Å². The summed E-state index contributed by atoms with van der Waals surface area (Å²) < 4.78 is 0. The Kier molecular flexibility index (Phi) is 5.63. The minimum atomic E-state index is -0.376. The minimum Gasteiger partial charge on any atom is -0.370 e. The van der Waals surface area contributed by atoms with Gasteiger partial charge in [-0.15, -0.1) is 0 Å². The van der Waals surface area contributed by atoms with Crippen molar-refractivity contribution >= 4 is 11.8 Å². The van der Waals surface area contributed by atoms with E-state index in [4.69, 9.17) is 5.73 Å². The van der Waals surface area contributed by atoms with Crippen LogP contribution in [0.15, 0.2) is 0 Å². The van der Waals surface area contributed by atoms with Gasteiger partial charge in [-0.1, -0.05) is 13.8 Å². The van der Waals surface area contributed by atoms with Gasteiger partial charge in [-0.3, -0.25) is 9.59 Å². The molecular weight excluding hydrogens is 228 g/mol. The van der Waals surface area contributed by atoms with Gasteiger partial charge in [-0.25, -0.2) is 0 Å². The first-order valence-corrected chi connectivity index (χ1v) is 7.00. The lowest BCUT2D eigenvalue weighted by atomic mass is 9.91. The second-order valence-electron chi connectivity index (χ2n) is 5.87. The molecule has 1 fully saturated rings. The Morgan fingerprint density at radius 3 is 2.50 bits per heavy atom. The number of amides is 2. The Hall–Kier alpha value is -1.06. The standard InChI is InChI=1S/C14H26N2O2/c1-10(2)8-12(9-13(15)17)14(18)16-7-5-4-6-11(16)3/h10-12H,4-9H2,1-3H3,(H2,15,17). The van der Waals surface area contributed by atoms with Crippen molar-refractivity contribution in [1.29, 1.82) is 0 Å². The molecule has 0 bridgehead atoms. The maximum absolute atomic E-state index is 12.5. The highest BCUT2D eigenvalue weighted by Gasteiger charge is 2.30. The minimum absolute atomic E-state index is 0.120. The van der Waals surface area contributed by atoms with Crippen molar-refractivity contribution in [2.75, 3.05) is 6.54 Å². The molecule has 1 heterocycles. The molecule has 1 rings (SSSR count). The number of carbonyl (C=O) groups excluding carboxylic acids is 2. The molecule has 104 valence electrons. The molecule has 0 aromatic heterocycles. The van der Waals surface area contributed by atoms with Gasteiger partial charge in [0.1, 0.15) is 0 Å². The molecule has 0 aromatic rings. The van der Waals surface area contributed by atoms with Crippen molar-refractivity contribution in [3.05, 3.63) is 0 Å². The van der Waals surface area contributed by atoms with Gasteiger partial charge in [0.25, 0.3) is 0 Å². The largest absolute Gasteiger partial charge is 0.370 e. The Morgan fingerprint density at radius 2 is 2.00 bits per heavy atom. The molecule has 2 N–H and O–H groups in total. The van der Waals surface area contributed by atoms with Gasteiger partial charge in [-0.05, 0) is 38.5 Å². The second kappa shape index (κ2) is 6.76. The van der Waals surface area contributed by atoms with Crippen LogP contribution in [0, 0.1) is 11.8 Å². The first kappa shape index (κ1) is 15.0. The van der Waals surface area contributed by atoms with Gasteiger partial charge in [0, 0.05) is 24.9 Å². The van der Waals surface area contributed by atoms with Crippen LogP contribution >= 0.6 is 0 Å². The van der Waals surface area contributed by atoms with Crippen LogP contribution in [0.25, 0.3) is 0 Å². The van der Waals surface area contributed by atoms with Crippen LogP contribution in [0.3, 0.4) is 0 Å². The molecule has 0 radical (unpaired) electrons. The van der Waals surface area contributed by atoms with Crippen molar-refractivity contribution in [2.24, 2.45) is 17.6 Å². The first-order valence-electron chi connectivity index (χ1n) is 7.00. The van der Waals surface area contributed by atoms with Gasteiger partial charge >= 0.3 is 0 Å². The average Bonchev–Trinajstić information content (AvgIpc) is 2.26. The molecule has 2 atom stereocenters. The van der Waals surface area contributed by atoms with Crippen LogP contribution in [0.5, 0.6) is 0 Å². The first-order chi connectivity index (χ1) is 8.41. The quantitative estimate of drug-likeness (QED) is 0.814. The summed E-state index contributed by atoms with van der Waals surface area (Å²) in [4.78, 5) is 25.6. The Morgan fingerprint density at radius 1 is 1.33 bits per heavy atom. The second-order valence-corrected chi connectivity index (χ2v) is 5.87. The fourth-order valence-corrected chi connectivity index (χ4v) is 2.74. The number of hydrogen-bond acceptors (Lipinski definition) is 2. The summed E-state index contributed by atoms with van der Waals surface area (Å²) in [6, 6.07) is 0.300. The van der Waals surface area contributed by atoms with E-state index in [0.717, 1.165) is 25.8 Å². The molecule has 4 nitrogen and oxygen atoms in total. The molecular formula is C14H26N2O2. The van der Waals surface area contributed by atoms with Gasteiger partial charge in [0.05, 0.1) is 0 Å². The number of hydrogen-bond donors (Lipinski definition) is 1. The predicted molar refractivity (Wildman–Crippen MR) is 71.8 cm³/mol. The SMILES string of the molecule is CC(C)CC(CC(N)=O)C(=O)N1CCCCC1C. The van der Waals surface area contributed by atoms with Gasteiger partial charge in [-0.2, -0.15) is 0 Å². The smallest absolute Gasteiger partial charge is 0.226 e. The molecule has 0 saturated carbocycles. The molecule has 2 unspecified atom stereocenters. The summed E-state index contributed by atoms with van der Waals surface area (Å²) in [5, 5.41) is 0. The van der Waals surface area contributed by atoms with E-state index in [1.165, 1.54) is 6.42 Å². The van der Waals surface area contributed by atoms with Crippen LogP contribution in [0.2, 0.25) is 0 Å². The lowest BCUT2D eigenvalue weighted by molar-refractivity contribution is -0.141. The van der Waals surface area contributed by atoms with Crippen LogP contribution in [0.1, 0.15) is 52.9 Å². The summed E-state index contributed by atoms with van der Waals surface area (Å²) in [5.41, 5.74) is 5.26. The summed E-state index contributed by atoms with van der Waals surface area (Å²) in [5.74, 6) is -0.0881. The van der Waals surface area contributed by atoms with Crippen molar-refractivity contribution in [3.63, 3.8) is 0 Å². The van der Waals surface area contributed by atoms with Gasteiger partial charge in [0.15, 0.2) is 0 Å². The van der Waals surface area contributed by atoms with Crippen LogP contribution < -0.4 is 5.73 Å². The summed E-state index contributed by atoms with van der Waals surface area (Å²) in [6.45, 7) is 7.06. The fourth-order valence-electron chi connectivity index (χ4n) is 2.74. The molecule has 2 amide bonds. The average molecular weight is 254 g/mol. The summed E-state index contributed by atoms with van der Waals surface area (Å²) in [7, 11) is 0. The highest BCUT2D eigenvalue weighted by molar-refractivity contribution is 5.85. The van der Waals surface area contributed by atoms with Gasteiger partial charge in [0.2, 0.25) is 11.8 Å². The Bertz CT molecular complexity index is 302. The maximum Gasteiger partial charge on any atom is 0.226 e. The zero-order valence-corrected chi connectivity index (χ0v) is 11.8. The van der Waals surface area contributed by atoms with E-state index in [0.29, 0.717) is 12.0 Å². The molecule has 1 aliphatic rings. The lowest BCUT2D eigenvalue weighted by Crippen LogP contribution is -2.46. The van der Waals surface area contributed by atoms with E-state index in [9.17, 15) is 9.59 Å². The molecule has 18 heavy (non-hydrogen) atoms. The highest BCUT2D eigenvalue weighted by atomic mass is 16.2. The third-order valence-corrected chi connectivity index (χ3v) is 3.64. The topological polar surface area (TPSA) is 63.4 Å². The zero-order chi connectivity index (χ0) is 13.7. The number of likely N-dealkylation sites (tertiary alicyclic amines) is 1. The third-order valence-electron chi connectivity index (χ3n) is 3.64. The van der Waals surface area contributed by atoms with Crippen molar-refractivity contribution in [3.8, 4) is 0 Å². The van der Waals surface area contributed by atoms with Crippen LogP contribution in [-0.4, -0.2) is 29.3 Å². The highest BCUT2D eigenvalue weighted by Crippen LogP contribution is 2.23. The molecule has 1 saturated heterocycles. The molecule has 0 aromatic carbocycles. The number of piperidine rings is 1. The zero-order valence-electron chi connectivity index (χ0n) is 11.8. The van der Waals surface area contributed by atoms with Gasteiger partial charge < -0.3 is 10.6 Å². The number of nitrogens with two attached hydrogens (primary N) is 1. The van der Waals surface area contributed by atoms with Crippen molar-refractivity contribution in [2.45, 2.75) is 58.9 Å². The van der Waals surface area contributed by atoms with E-state index in [1.54, 1.807) is 0 Å². The number of rotatable bonds is 5. The molecule has 0 aliphatic carbocycles. The fraction of sp³-hybridized carbons (Fsp3) is 0.857. The Labute approximate surface area is 110 Å². The number of primary amides is 1. The monoisotopic (exact) mass is 254 g/mol. The van der Waals surface area contributed by atoms with E-state index in [2.05, 4.69) is 20.8 Å². The van der Waals surface area contributed by atoms with E-state index in [1.807, 2.05) is 4.90 Å². The van der Waals surface area contributed by atoms with E-state index < -0.39 is 0 Å². The van der Waals surface area contributed by atoms with E-state index in [-0.39, 0.29) is 24.2 Å². The number of nitrogens with zero attached hydrogens (tertiary/aromatic N) is 1. The third kappa shape index (κ3) is 4.31. The maximum atomic E-state index is 12.5. The molecule has 0 spiro atoms. The lowest BCUT2D eigenvalue weighted by Gasteiger charge is -2.36. The molecule has 4 heteroatoms. The predicted octanol–water partition coefficient (Wildman–Crippen LogP) is 1.93.